The van der Waals surface area contributed by atoms with Crippen molar-refractivity contribution in [1.29, 1.82) is 0 Å². The van der Waals surface area contributed by atoms with Gasteiger partial charge in [0.15, 0.2) is 5.78 Å². The zero-order valence-corrected chi connectivity index (χ0v) is 11.7. The van der Waals surface area contributed by atoms with Crippen molar-refractivity contribution < 1.29 is 19.7 Å². The van der Waals surface area contributed by atoms with Gasteiger partial charge in [-0.2, -0.15) is 0 Å². The van der Waals surface area contributed by atoms with Crippen molar-refractivity contribution in [2.75, 3.05) is 6.61 Å². The van der Waals surface area contributed by atoms with E-state index < -0.39 is 11.9 Å². The van der Waals surface area contributed by atoms with Gasteiger partial charge in [0.1, 0.15) is 6.10 Å². The van der Waals surface area contributed by atoms with Gasteiger partial charge >= 0.3 is 0 Å². The molecule has 1 saturated carbocycles. The molecule has 2 N–H and O–H groups in total. The molecule has 3 aliphatic rings. The second-order valence-electron chi connectivity index (χ2n) is 6.68. The molecule has 5 atom stereocenters. The number of Topliss-reactive ketones (excluding diaryl/α,β-unsaturated/α-hetero) is 1. The van der Waals surface area contributed by atoms with Crippen molar-refractivity contribution in [3.63, 3.8) is 0 Å². The Morgan fingerprint density at radius 2 is 2.11 bits per heavy atom. The molecule has 0 radical (unpaired) electrons. The highest BCUT2D eigenvalue weighted by atomic mass is 16.6. The number of hydrogen-bond acceptors (Lipinski definition) is 4. The fourth-order valence-corrected chi connectivity index (χ4v) is 4.12. The summed E-state index contributed by atoms with van der Waals surface area (Å²) in [5, 5.41) is 20.9. The predicted octanol–water partition coefficient (Wildman–Crippen LogP) is 1.26. The Morgan fingerprint density at radius 3 is 2.74 bits per heavy atom. The largest absolute Gasteiger partial charge is 0.387 e. The number of rotatable bonds is 1. The van der Waals surface area contributed by atoms with Crippen LogP contribution in [0.3, 0.4) is 0 Å². The normalized spacial score (nSPS) is 45.9. The van der Waals surface area contributed by atoms with Crippen LogP contribution in [0.4, 0.5) is 0 Å². The van der Waals surface area contributed by atoms with Crippen molar-refractivity contribution in [2.24, 2.45) is 23.7 Å². The molecule has 1 heterocycles. The highest BCUT2D eigenvalue weighted by Crippen LogP contribution is 2.53. The van der Waals surface area contributed by atoms with Crippen molar-refractivity contribution in [3.05, 3.63) is 11.1 Å². The van der Waals surface area contributed by atoms with Gasteiger partial charge in [-0.25, -0.2) is 0 Å². The SMILES string of the molecule is CC(C)[C@@H]1CC(=O)C2=C3[C@H]1C[C@@H](C)[C@@H](O)C3(O)OC2. The molecule has 0 aromatic rings. The maximum absolute atomic E-state index is 12.2. The van der Waals surface area contributed by atoms with Gasteiger partial charge in [0.2, 0.25) is 5.79 Å². The molecule has 4 nitrogen and oxygen atoms in total. The first-order chi connectivity index (χ1) is 8.86. The van der Waals surface area contributed by atoms with Gasteiger partial charge in [0.05, 0.1) is 6.61 Å². The lowest BCUT2D eigenvalue weighted by Gasteiger charge is -2.47. The highest BCUT2D eigenvalue weighted by Gasteiger charge is 2.59. The Bertz CT molecular complexity index is 453. The van der Waals surface area contributed by atoms with Gasteiger partial charge in [-0.15, -0.1) is 0 Å². The number of carbonyl (C=O) groups excluding carboxylic acids is 1. The summed E-state index contributed by atoms with van der Waals surface area (Å²) in [6.07, 6.45) is 0.431. The fraction of sp³-hybridized carbons (Fsp3) is 0.800. The number of aliphatic hydroxyl groups excluding tert-OH is 1. The van der Waals surface area contributed by atoms with Gasteiger partial charge in [-0.3, -0.25) is 4.79 Å². The Hall–Kier alpha value is -0.710. The molecule has 0 saturated heterocycles. The summed E-state index contributed by atoms with van der Waals surface area (Å²) in [6, 6.07) is 0. The Labute approximate surface area is 113 Å². The van der Waals surface area contributed by atoms with Crippen LogP contribution in [0.25, 0.3) is 0 Å². The first-order valence-corrected chi connectivity index (χ1v) is 7.17. The topological polar surface area (TPSA) is 66.8 Å². The zero-order chi connectivity index (χ0) is 13.9. The van der Waals surface area contributed by atoms with Crippen molar-refractivity contribution in [1.82, 2.24) is 0 Å². The molecule has 1 aliphatic heterocycles. The molecule has 0 amide bonds. The zero-order valence-electron chi connectivity index (χ0n) is 11.7. The summed E-state index contributed by atoms with van der Waals surface area (Å²) in [7, 11) is 0. The Kier molecular flexibility index (Phi) is 2.89. The highest BCUT2D eigenvalue weighted by molar-refractivity contribution is 5.98. The molecule has 1 unspecified atom stereocenters. The number of ether oxygens (including phenoxy) is 1. The van der Waals surface area contributed by atoms with Gasteiger partial charge in [-0.1, -0.05) is 20.8 Å². The second kappa shape index (κ2) is 4.14. The molecular weight excluding hydrogens is 244 g/mol. The van der Waals surface area contributed by atoms with Gasteiger partial charge < -0.3 is 14.9 Å². The Morgan fingerprint density at radius 1 is 1.42 bits per heavy atom. The first kappa shape index (κ1) is 13.3. The number of carbonyl (C=O) groups is 1. The minimum atomic E-state index is -1.62. The monoisotopic (exact) mass is 266 g/mol. The van der Waals surface area contributed by atoms with E-state index in [-0.39, 0.29) is 30.1 Å². The lowest BCUT2D eigenvalue weighted by atomic mass is 9.61. The van der Waals surface area contributed by atoms with E-state index in [1.165, 1.54) is 0 Å². The molecule has 0 spiro atoms. The van der Waals surface area contributed by atoms with E-state index in [2.05, 4.69) is 13.8 Å². The standard InChI is InChI=1S/C15H22O4/c1-7(2)9-5-12(16)11-6-19-15(18)13(11)10(9)4-8(3)14(15)17/h7-10,14,17-18H,4-6H2,1-3H3/t8-,9+,10+,14-,15?/m1/s1. The molecule has 0 bridgehead atoms. The van der Waals surface area contributed by atoms with Crippen LogP contribution in [0.15, 0.2) is 11.1 Å². The van der Waals surface area contributed by atoms with E-state index in [0.717, 1.165) is 6.42 Å². The van der Waals surface area contributed by atoms with Crippen molar-refractivity contribution in [2.45, 2.75) is 45.5 Å². The van der Waals surface area contributed by atoms with Crippen LogP contribution in [0.5, 0.6) is 0 Å². The number of aliphatic hydroxyl groups is 2. The second-order valence-corrected chi connectivity index (χ2v) is 6.68. The third-order valence-electron chi connectivity index (χ3n) is 5.21. The van der Waals surface area contributed by atoms with E-state index in [1.54, 1.807) is 0 Å². The van der Waals surface area contributed by atoms with Crippen LogP contribution in [0, 0.1) is 23.7 Å². The van der Waals surface area contributed by atoms with Gasteiger partial charge in [0, 0.05) is 17.6 Å². The van der Waals surface area contributed by atoms with Crippen LogP contribution in [0.1, 0.15) is 33.6 Å². The van der Waals surface area contributed by atoms with E-state index >= 15 is 0 Å². The van der Waals surface area contributed by atoms with Gasteiger partial charge in [-0.05, 0) is 30.1 Å². The molecule has 4 heteroatoms. The van der Waals surface area contributed by atoms with E-state index in [4.69, 9.17) is 4.74 Å². The van der Waals surface area contributed by atoms with Crippen molar-refractivity contribution >= 4 is 5.78 Å². The smallest absolute Gasteiger partial charge is 0.216 e. The quantitative estimate of drug-likeness (QED) is 0.750. The maximum Gasteiger partial charge on any atom is 0.216 e. The Balaban J connectivity index is 2.11. The average Bonchev–Trinajstić information content (AvgIpc) is 2.70. The molecular formula is C15H22O4. The lowest BCUT2D eigenvalue weighted by molar-refractivity contribution is -0.243. The number of ketones is 1. The summed E-state index contributed by atoms with van der Waals surface area (Å²) in [5.41, 5.74) is 1.31. The van der Waals surface area contributed by atoms with Crippen molar-refractivity contribution in [3.8, 4) is 0 Å². The summed E-state index contributed by atoms with van der Waals surface area (Å²) in [4.78, 5) is 12.2. The van der Waals surface area contributed by atoms with Crippen LogP contribution in [-0.4, -0.2) is 34.5 Å². The average molecular weight is 266 g/mol. The van der Waals surface area contributed by atoms with E-state index in [9.17, 15) is 15.0 Å². The predicted molar refractivity (Wildman–Crippen MR) is 69.2 cm³/mol. The van der Waals surface area contributed by atoms with Crippen LogP contribution in [0.2, 0.25) is 0 Å². The minimum absolute atomic E-state index is 0.0208. The van der Waals surface area contributed by atoms with Gasteiger partial charge in [0.25, 0.3) is 0 Å². The third-order valence-corrected chi connectivity index (χ3v) is 5.21. The summed E-state index contributed by atoms with van der Waals surface area (Å²) >= 11 is 0. The molecule has 1 fully saturated rings. The van der Waals surface area contributed by atoms with E-state index in [0.29, 0.717) is 23.5 Å². The third kappa shape index (κ3) is 1.66. The number of hydrogen-bond donors (Lipinski definition) is 2. The molecule has 0 aromatic carbocycles. The minimum Gasteiger partial charge on any atom is -0.387 e. The lowest BCUT2D eigenvalue weighted by Crippen LogP contribution is -2.55. The van der Waals surface area contributed by atoms with Crippen LogP contribution >= 0.6 is 0 Å². The molecule has 19 heavy (non-hydrogen) atoms. The van der Waals surface area contributed by atoms with Crippen LogP contribution in [-0.2, 0) is 9.53 Å². The summed E-state index contributed by atoms with van der Waals surface area (Å²) < 4.78 is 5.45. The molecule has 2 aliphatic carbocycles. The summed E-state index contributed by atoms with van der Waals surface area (Å²) in [6.45, 7) is 6.33. The van der Waals surface area contributed by atoms with E-state index in [1.807, 2.05) is 6.92 Å². The first-order valence-electron chi connectivity index (χ1n) is 7.17. The molecule has 0 aromatic heterocycles. The maximum atomic E-state index is 12.2. The fourth-order valence-electron chi connectivity index (χ4n) is 4.12. The van der Waals surface area contributed by atoms with Crippen LogP contribution < -0.4 is 0 Å². The molecule has 106 valence electrons. The molecule has 3 rings (SSSR count). The summed E-state index contributed by atoms with van der Waals surface area (Å²) in [5.74, 6) is -0.764.